The topological polar surface area (TPSA) is 92.9 Å². The Kier molecular flexibility index (Phi) is 5.56. The van der Waals surface area contributed by atoms with Gasteiger partial charge in [0.05, 0.1) is 17.2 Å². The number of aliphatic hydroxyl groups is 1. The van der Waals surface area contributed by atoms with Crippen LogP contribution in [0.5, 0.6) is 0 Å². The highest BCUT2D eigenvalue weighted by Gasteiger charge is 2.25. The number of hydrogen-bond donors (Lipinski definition) is 2. The maximum absolute atomic E-state index is 12.6. The summed E-state index contributed by atoms with van der Waals surface area (Å²) in [5.74, 6) is 0.490. The van der Waals surface area contributed by atoms with Crippen molar-refractivity contribution in [1.82, 2.24) is 19.7 Å². The van der Waals surface area contributed by atoms with Crippen LogP contribution in [0, 0.1) is 5.92 Å². The fourth-order valence-corrected chi connectivity index (χ4v) is 4.32. The van der Waals surface area contributed by atoms with Crippen LogP contribution in [0.25, 0.3) is 10.9 Å². The molecule has 7 nitrogen and oxygen atoms in total. The number of nitrogens with one attached hydrogen (secondary N) is 1. The molecule has 1 fully saturated rings. The Bertz CT molecular complexity index is 1030. The van der Waals surface area contributed by atoms with E-state index in [1.165, 1.54) is 31.8 Å². The van der Waals surface area contributed by atoms with Gasteiger partial charge >= 0.3 is 0 Å². The van der Waals surface area contributed by atoms with Gasteiger partial charge in [-0.1, -0.05) is 13.3 Å². The van der Waals surface area contributed by atoms with Crippen LogP contribution in [0.3, 0.4) is 0 Å². The molecule has 2 aromatic heterocycles. The molecule has 0 saturated heterocycles. The first-order valence-corrected chi connectivity index (χ1v) is 10.7. The lowest BCUT2D eigenvalue weighted by atomic mass is 9.85. The molecule has 0 radical (unpaired) electrons. The molecule has 1 amide bonds. The van der Waals surface area contributed by atoms with Crippen molar-refractivity contribution in [3.8, 4) is 0 Å². The number of fused-ring (bicyclic) bond motifs is 1. The Labute approximate surface area is 176 Å². The fraction of sp³-hybridized carbons (Fsp3) is 0.478. The van der Waals surface area contributed by atoms with Crippen LogP contribution in [-0.2, 0) is 5.60 Å². The van der Waals surface area contributed by atoms with Gasteiger partial charge in [0.1, 0.15) is 12.0 Å². The molecule has 158 valence electrons. The van der Waals surface area contributed by atoms with Crippen LogP contribution in [0.4, 0.5) is 5.69 Å². The molecule has 1 aliphatic rings. The van der Waals surface area contributed by atoms with Crippen molar-refractivity contribution in [3.05, 3.63) is 48.2 Å². The first-order chi connectivity index (χ1) is 14.3. The van der Waals surface area contributed by atoms with Gasteiger partial charge in [0.2, 0.25) is 0 Å². The normalized spacial score (nSPS) is 19.7. The Morgan fingerprint density at radius 3 is 2.67 bits per heavy atom. The van der Waals surface area contributed by atoms with Crippen LogP contribution in [-0.4, -0.2) is 30.8 Å². The molecule has 1 saturated carbocycles. The van der Waals surface area contributed by atoms with Crippen molar-refractivity contribution < 1.29 is 9.90 Å². The van der Waals surface area contributed by atoms with Gasteiger partial charge < -0.3 is 10.4 Å². The van der Waals surface area contributed by atoms with E-state index in [9.17, 15) is 9.90 Å². The van der Waals surface area contributed by atoms with Crippen LogP contribution >= 0.6 is 0 Å². The van der Waals surface area contributed by atoms with Crippen molar-refractivity contribution in [2.45, 2.75) is 64.5 Å². The Balaban J connectivity index is 1.66. The van der Waals surface area contributed by atoms with Gasteiger partial charge in [0.25, 0.3) is 5.91 Å². The number of amides is 1. The number of rotatable bonds is 5. The number of nitrogens with zero attached hydrogens (tertiary/aromatic N) is 4. The predicted molar refractivity (Wildman–Crippen MR) is 116 cm³/mol. The molecule has 0 atom stereocenters. The standard InChI is InChI=1S/C23H29N5O2/c1-4-15-5-7-17(8-6-15)28-13-16-11-21(18(23(2,3)30)12-20(16)27-28)26-22(29)19-9-10-24-14-25-19/h9-15,17,30H,4-8H2,1-3H3,(H,26,29). The van der Waals surface area contributed by atoms with Gasteiger partial charge in [-0.2, -0.15) is 5.10 Å². The lowest BCUT2D eigenvalue weighted by Crippen LogP contribution is -2.21. The summed E-state index contributed by atoms with van der Waals surface area (Å²) in [6.07, 6.45) is 10.9. The highest BCUT2D eigenvalue weighted by Crippen LogP contribution is 2.36. The highest BCUT2D eigenvalue weighted by atomic mass is 16.3. The minimum atomic E-state index is -1.13. The summed E-state index contributed by atoms with van der Waals surface area (Å²) in [4.78, 5) is 20.5. The molecule has 4 rings (SSSR count). The van der Waals surface area contributed by atoms with E-state index in [-0.39, 0.29) is 11.6 Å². The molecule has 0 bridgehead atoms. The molecule has 0 unspecified atom stereocenters. The van der Waals surface area contributed by atoms with E-state index in [0.29, 0.717) is 17.3 Å². The maximum atomic E-state index is 12.6. The Morgan fingerprint density at radius 2 is 2.03 bits per heavy atom. The minimum absolute atomic E-state index is 0.273. The largest absolute Gasteiger partial charge is 0.386 e. The third-order valence-corrected chi connectivity index (χ3v) is 6.15. The van der Waals surface area contributed by atoms with Crippen molar-refractivity contribution in [2.24, 2.45) is 5.92 Å². The van der Waals surface area contributed by atoms with Gasteiger partial charge in [-0.3, -0.25) is 9.48 Å². The van der Waals surface area contributed by atoms with Crippen LogP contribution < -0.4 is 5.32 Å². The van der Waals surface area contributed by atoms with Crippen LogP contribution in [0.15, 0.2) is 36.9 Å². The van der Waals surface area contributed by atoms with Crippen molar-refractivity contribution in [2.75, 3.05) is 5.32 Å². The zero-order valence-electron chi connectivity index (χ0n) is 17.8. The second-order valence-corrected chi connectivity index (χ2v) is 8.76. The summed E-state index contributed by atoms with van der Waals surface area (Å²) in [6.45, 7) is 5.68. The van der Waals surface area contributed by atoms with Crippen LogP contribution in [0.2, 0.25) is 0 Å². The molecule has 0 aliphatic heterocycles. The predicted octanol–water partition coefficient (Wildman–Crippen LogP) is 4.45. The van der Waals surface area contributed by atoms with E-state index >= 15 is 0 Å². The molecule has 1 aliphatic carbocycles. The molecular weight excluding hydrogens is 378 g/mol. The average Bonchev–Trinajstić information content (AvgIpc) is 3.16. The number of anilines is 1. The van der Waals surface area contributed by atoms with E-state index < -0.39 is 5.60 Å². The molecule has 1 aromatic carbocycles. The van der Waals surface area contributed by atoms with Gasteiger partial charge in [0, 0.05) is 29.0 Å². The zero-order chi connectivity index (χ0) is 21.3. The molecule has 0 spiro atoms. The second-order valence-electron chi connectivity index (χ2n) is 8.76. The monoisotopic (exact) mass is 407 g/mol. The summed E-state index contributed by atoms with van der Waals surface area (Å²) < 4.78 is 2.07. The molecule has 2 N–H and O–H groups in total. The van der Waals surface area contributed by atoms with Gasteiger partial charge in [-0.05, 0) is 63.6 Å². The van der Waals surface area contributed by atoms with E-state index in [1.807, 2.05) is 12.1 Å². The third kappa shape index (κ3) is 4.21. The SMILES string of the molecule is CCC1CCC(n2cc3cc(NC(=O)c4ccncn4)c(C(C)(C)O)cc3n2)CC1. The summed E-state index contributed by atoms with van der Waals surface area (Å²) >= 11 is 0. The second kappa shape index (κ2) is 8.14. The van der Waals surface area contributed by atoms with Crippen molar-refractivity contribution in [3.63, 3.8) is 0 Å². The number of aromatic nitrogens is 4. The average molecular weight is 408 g/mol. The summed E-state index contributed by atoms with van der Waals surface area (Å²) in [5.41, 5.74) is 1.15. The van der Waals surface area contributed by atoms with Gasteiger partial charge in [-0.15, -0.1) is 0 Å². The molecule has 30 heavy (non-hydrogen) atoms. The number of carbonyl (C=O) groups excluding carboxylic acids is 1. The Hall–Kier alpha value is -2.80. The lowest BCUT2D eigenvalue weighted by molar-refractivity contribution is 0.0793. The van der Waals surface area contributed by atoms with Crippen molar-refractivity contribution >= 4 is 22.5 Å². The minimum Gasteiger partial charge on any atom is -0.386 e. The first-order valence-electron chi connectivity index (χ1n) is 10.7. The summed E-state index contributed by atoms with van der Waals surface area (Å²) in [6, 6.07) is 5.73. The Morgan fingerprint density at radius 1 is 1.27 bits per heavy atom. The summed E-state index contributed by atoms with van der Waals surface area (Å²) in [7, 11) is 0. The number of carbonyl (C=O) groups is 1. The highest BCUT2D eigenvalue weighted by molar-refractivity contribution is 6.04. The van der Waals surface area contributed by atoms with Crippen LogP contribution in [0.1, 0.15) is 75.0 Å². The lowest BCUT2D eigenvalue weighted by Gasteiger charge is -2.27. The van der Waals surface area contributed by atoms with E-state index in [2.05, 4.69) is 33.1 Å². The van der Waals surface area contributed by atoms with Gasteiger partial charge in [0.15, 0.2) is 0 Å². The number of hydrogen-bond acceptors (Lipinski definition) is 5. The molecule has 7 heteroatoms. The molecule has 3 aromatic rings. The van der Waals surface area contributed by atoms with Gasteiger partial charge in [-0.25, -0.2) is 9.97 Å². The zero-order valence-corrected chi connectivity index (χ0v) is 17.8. The first kappa shape index (κ1) is 20.5. The third-order valence-electron chi connectivity index (χ3n) is 6.15. The van der Waals surface area contributed by atoms with Crippen molar-refractivity contribution in [1.29, 1.82) is 0 Å². The quantitative estimate of drug-likeness (QED) is 0.652. The van der Waals surface area contributed by atoms with E-state index in [1.54, 1.807) is 19.9 Å². The number of benzene rings is 1. The molecule has 2 heterocycles. The summed E-state index contributed by atoms with van der Waals surface area (Å²) in [5, 5.41) is 19.4. The maximum Gasteiger partial charge on any atom is 0.274 e. The molecular formula is C23H29N5O2. The fourth-order valence-electron chi connectivity index (χ4n) is 4.32. The van der Waals surface area contributed by atoms with E-state index in [0.717, 1.165) is 29.7 Å². The van der Waals surface area contributed by atoms with E-state index in [4.69, 9.17) is 5.10 Å². The smallest absolute Gasteiger partial charge is 0.274 e.